The van der Waals surface area contributed by atoms with Gasteiger partial charge in [-0.05, 0) is 18.2 Å². The van der Waals surface area contributed by atoms with Crippen molar-refractivity contribution in [1.82, 2.24) is 9.88 Å². The smallest absolute Gasteiger partial charge is 0.272 e. The number of benzene rings is 1. The molecule has 4 nitrogen and oxygen atoms in total. The van der Waals surface area contributed by atoms with Crippen molar-refractivity contribution in [3.63, 3.8) is 0 Å². The molecule has 1 amide bonds. The van der Waals surface area contributed by atoms with Gasteiger partial charge in [0.15, 0.2) is 0 Å². The van der Waals surface area contributed by atoms with Gasteiger partial charge < -0.3 is 14.6 Å². The SMILES string of the molecule is O=C(c1[nH]c2ccc(Cl)cc2c1Cl)N1CCOCC1. The van der Waals surface area contributed by atoms with Crippen LogP contribution in [0.3, 0.4) is 0 Å². The largest absolute Gasteiger partial charge is 0.378 e. The second-order valence-corrected chi connectivity index (χ2v) is 5.22. The minimum absolute atomic E-state index is 0.0966. The van der Waals surface area contributed by atoms with Crippen LogP contribution in [0.5, 0.6) is 0 Å². The Morgan fingerprint density at radius 2 is 2.00 bits per heavy atom. The second kappa shape index (κ2) is 5.04. The molecule has 2 heterocycles. The van der Waals surface area contributed by atoms with Crippen LogP contribution in [-0.4, -0.2) is 42.1 Å². The van der Waals surface area contributed by atoms with Gasteiger partial charge in [0, 0.05) is 29.0 Å². The Morgan fingerprint density at radius 3 is 2.74 bits per heavy atom. The molecule has 19 heavy (non-hydrogen) atoms. The number of aromatic nitrogens is 1. The summed E-state index contributed by atoms with van der Waals surface area (Å²) >= 11 is 12.2. The third-order valence-corrected chi connectivity index (χ3v) is 3.84. The fourth-order valence-corrected chi connectivity index (χ4v) is 2.66. The van der Waals surface area contributed by atoms with Gasteiger partial charge in [-0.3, -0.25) is 4.79 Å². The lowest BCUT2D eigenvalue weighted by Crippen LogP contribution is -2.40. The predicted molar refractivity (Wildman–Crippen MR) is 75.0 cm³/mol. The van der Waals surface area contributed by atoms with Gasteiger partial charge in [-0.1, -0.05) is 23.2 Å². The third kappa shape index (κ3) is 2.31. The molecule has 1 aromatic heterocycles. The average molecular weight is 299 g/mol. The van der Waals surface area contributed by atoms with Crippen LogP contribution in [0.4, 0.5) is 0 Å². The lowest BCUT2D eigenvalue weighted by atomic mass is 10.2. The molecule has 1 saturated heterocycles. The van der Waals surface area contributed by atoms with Gasteiger partial charge in [-0.2, -0.15) is 0 Å². The van der Waals surface area contributed by atoms with Crippen LogP contribution in [-0.2, 0) is 4.74 Å². The molecule has 1 aliphatic rings. The van der Waals surface area contributed by atoms with Crippen LogP contribution >= 0.6 is 23.2 Å². The minimum atomic E-state index is -0.0966. The van der Waals surface area contributed by atoms with Crippen molar-refractivity contribution >= 4 is 40.0 Å². The van der Waals surface area contributed by atoms with Crippen LogP contribution in [0.15, 0.2) is 18.2 Å². The highest BCUT2D eigenvalue weighted by Crippen LogP contribution is 2.30. The van der Waals surface area contributed by atoms with Crippen LogP contribution in [0.2, 0.25) is 10.0 Å². The number of rotatable bonds is 1. The standard InChI is InChI=1S/C13H12Cl2N2O2/c14-8-1-2-10-9(7-8)11(15)12(16-10)13(18)17-3-5-19-6-4-17/h1-2,7,16H,3-6H2. The Hall–Kier alpha value is -1.23. The fraction of sp³-hybridized carbons (Fsp3) is 0.308. The summed E-state index contributed by atoms with van der Waals surface area (Å²) in [4.78, 5) is 17.2. The van der Waals surface area contributed by atoms with Crippen molar-refractivity contribution in [3.05, 3.63) is 33.9 Å². The molecule has 0 bridgehead atoms. The highest BCUT2D eigenvalue weighted by Gasteiger charge is 2.23. The van der Waals surface area contributed by atoms with E-state index in [0.29, 0.717) is 42.0 Å². The van der Waals surface area contributed by atoms with Crippen LogP contribution in [0.25, 0.3) is 10.9 Å². The van der Waals surface area contributed by atoms with Gasteiger partial charge in [0.2, 0.25) is 0 Å². The summed E-state index contributed by atoms with van der Waals surface area (Å²) in [6, 6.07) is 5.34. The molecule has 0 unspecified atom stereocenters. The summed E-state index contributed by atoms with van der Waals surface area (Å²) in [6.45, 7) is 2.31. The van der Waals surface area contributed by atoms with Crippen molar-refractivity contribution in [1.29, 1.82) is 0 Å². The number of halogens is 2. The number of H-pyrrole nitrogens is 1. The first kappa shape index (κ1) is 12.8. The molecule has 1 fully saturated rings. The van der Waals surface area contributed by atoms with Gasteiger partial charge in [0.1, 0.15) is 5.69 Å². The van der Waals surface area contributed by atoms with E-state index in [1.807, 2.05) is 6.07 Å². The van der Waals surface area contributed by atoms with E-state index in [4.69, 9.17) is 27.9 Å². The molecule has 100 valence electrons. The number of carbonyl (C=O) groups is 1. The number of amides is 1. The fourth-order valence-electron chi connectivity index (χ4n) is 2.20. The monoisotopic (exact) mass is 298 g/mol. The quantitative estimate of drug-likeness (QED) is 0.880. The zero-order valence-corrected chi connectivity index (χ0v) is 11.6. The molecular weight excluding hydrogens is 287 g/mol. The minimum Gasteiger partial charge on any atom is -0.378 e. The van der Waals surface area contributed by atoms with Crippen LogP contribution < -0.4 is 0 Å². The van der Waals surface area contributed by atoms with E-state index in [-0.39, 0.29) is 5.91 Å². The predicted octanol–water partition coefficient (Wildman–Crippen LogP) is 2.95. The number of fused-ring (bicyclic) bond motifs is 1. The van der Waals surface area contributed by atoms with Crippen molar-refractivity contribution in [2.24, 2.45) is 0 Å². The van der Waals surface area contributed by atoms with Gasteiger partial charge in [0.25, 0.3) is 5.91 Å². The first-order chi connectivity index (χ1) is 9.16. The Labute approximate surface area is 120 Å². The number of carbonyl (C=O) groups excluding carboxylic acids is 1. The normalized spacial score (nSPS) is 16.0. The van der Waals surface area contributed by atoms with E-state index in [1.54, 1.807) is 17.0 Å². The van der Waals surface area contributed by atoms with Gasteiger partial charge in [-0.25, -0.2) is 0 Å². The molecule has 0 spiro atoms. The highest BCUT2D eigenvalue weighted by molar-refractivity contribution is 6.39. The summed E-state index contributed by atoms with van der Waals surface area (Å²) in [5, 5.41) is 1.79. The number of ether oxygens (including phenoxy) is 1. The molecule has 1 aliphatic heterocycles. The number of nitrogens with zero attached hydrogens (tertiary/aromatic N) is 1. The molecule has 2 aromatic rings. The maximum atomic E-state index is 12.4. The molecule has 0 radical (unpaired) electrons. The molecule has 0 saturated carbocycles. The van der Waals surface area contributed by atoms with E-state index >= 15 is 0 Å². The van der Waals surface area contributed by atoms with Gasteiger partial charge >= 0.3 is 0 Å². The Bertz CT molecular complexity index is 633. The average Bonchev–Trinajstić information content (AvgIpc) is 2.76. The maximum absolute atomic E-state index is 12.4. The van der Waals surface area contributed by atoms with Crippen molar-refractivity contribution in [2.75, 3.05) is 26.3 Å². The Morgan fingerprint density at radius 1 is 1.26 bits per heavy atom. The molecule has 0 aliphatic carbocycles. The summed E-state index contributed by atoms with van der Waals surface area (Å²) < 4.78 is 5.24. The molecule has 3 rings (SSSR count). The Balaban J connectivity index is 2.00. The van der Waals surface area contributed by atoms with Crippen LogP contribution in [0.1, 0.15) is 10.5 Å². The summed E-state index contributed by atoms with van der Waals surface area (Å²) in [5.41, 5.74) is 1.23. The number of aromatic amines is 1. The third-order valence-electron chi connectivity index (χ3n) is 3.21. The second-order valence-electron chi connectivity index (χ2n) is 4.41. The van der Waals surface area contributed by atoms with Crippen molar-refractivity contribution in [3.8, 4) is 0 Å². The van der Waals surface area contributed by atoms with Crippen LogP contribution in [0, 0.1) is 0 Å². The summed E-state index contributed by atoms with van der Waals surface area (Å²) in [6.07, 6.45) is 0. The van der Waals surface area contributed by atoms with E-state index in [2.05, 4.69) is 4.98 Å². The molecule has 6 heteroatoms. The number of hydrogen-bond acceptors (Lipinski definition) is 2. The molecule has 1 N–H and O–H groups in total. The lowest BCUT2D eigenvalue weighted by molar-refractivity contribution is 0.0300. The number of morpholine rings is 1. The topological polar surface area (TPSA) is 45.3 Å². The van der Waals surface area contributed by atoms with E-state index in [9.17, 15) is 4.79 Å². The Kier molecular flexibility index (Phi) is 3.39. The van der Waals surface area contributed by atoms with Gasteiger partial charge in [-0.15, -0.1) is 0 Å². The first-order valence-electron chi connectivity index (χ1n) is 6.00. The molecule has 1 aromatic carbocycles. The van der Waals surface area contributed by atoms with Crippen molar-refractivity contribution in [2.45, 2.75) is 0 Å². The first-order valence-corrected chi connectivity index (χ1v) is 6.76. The van der Waals surface area contributed by atoms with E-state index in [1.165, 1.54) is 0 Å². The zero-order valence-electron chi connectivity index (χ0n) is 10.1. The molecule has 0 atom stereocenters. The van der Waals surface area contributed by atoms with Gasteiger partial charge in [0.05, 0.1) is 18.2 Å². The number of nitrogens with one attached hydrogen (secondary N) is 1. The van der Waals surface area contributed by atoms with Crippen molar-refractivity contribution < 1.29 is 9.53 Å². The van der Waals surface area contributed by atoms with E-state index in [0.717, 1.165) is 10.9 Å². The highest BCUT2D eigenvalue weighted by atomic mass is 35.5. The maximum Gasteiger partial charge on any atom is 0.272 e. The number of hydrogen-bond donors (Lipinski definition) is 1. The van der Waals surface area contributed by atoms with E-state index < -0.39 is 0 Å². The zero-order chi connectivity index (χ0) is 13.4. The summed E-state index contributed by atoms with van der Waals surface area (Å²) in [5.74, 6) is -0.0966. The molecular formula is C13H12Cl2N2O2. The summed E-state index contributed by atoms with van der Waals surface area (Å²) in [7, 11) is 0. The lowest BCUT2D eigenvalue weighted by Gasteiger charge is -2.26.